The molecule has 0 aliphatic heterocycles. The fourth-order valence-electron chi connectivity index (χ4n) is 5.26. The van der Waals surface area contributed by atoms with Crippen molar-refractivity contribution in [2.45, 2.75) is 50.5 Å². The Morgan fingerprint density at radius 1 is 1.15 bits per heavy atom. The third-order valence-electron chi connectivity index (χ3n) is 7.13. The maximum atomic E-state index is 13.9. The summed E-state index contributed by atoms with van der Waals surface area (Å²) in [5, 5.41) is 6.37. The van der Waals surface area contributed by atoms with Gasteiger partial charge in [-0.15, -0.1) is 0 Å². The lowest BCUT2D eigenvalue weighted by molar-refractivity contribution is -0.142. The highest BCUT2D eigenvalue weighted by atomic mass is 19.4. The number of alkyl halides is 3. The van der Waals surface area contributed by atoms with Crippen LogP contribution in [0, 0.1) is 23.4 Å². The monoisotopic (exact) mass is 549 g/mol. The van der Waals surface area contributed by atoms with E-state index < -0.39 is 47.8 Å². The van der Waals surface area contributed by atoms with Gasteiger partial charge >= 0.3 is 6.18 Å². The minimum absolute atomic E-state index is 0.0635. The summed E-state index contributed by atoms with van der Waals surface area (Å²) in [6.07, 6.45) is -2.21. The SMILES string of the molecule is NCc1cc(/C=C(/N)[C@H](Cc2cc(F)cc(F)c2)NC(=O)Cn2nc(C(F)(F)F)c3c2CC2CC32)ccc1F. The van der Waals surface area contributed by atoms with Crippen LogP contribution in [0.3, 0.4) is 0 Å². The first kappa shape index (κ1) is 26.8. The number of rotatable bonds is 8. The van der Waals surface area contributed by atoms with E-state index in [4.69, 9.17) is 11.5 Å². The van der Waals surface area contributed by atoms with Crippen molar-refractivity contribution in [2.24, 2.45) is 17.4 Å². The summed E-state index contributed by atoms with van der Waals surface area (Å²) >= 11 is 0. The Morgan fingerprint density at radius 3 is 2.54 bits per heavy atom. The predicted molar refractivity (Wildman–Crippen MR) is 130 cm³/mol. The van der Waals surface area contributed by atoms with E-state index in [0.29, 0.717) is 30.2 Å². The Morgan fingerprint density at radius 2 is 1.87 bits per heavy atom. The molecular formula is C27H25F6N5O. The van der Waals surface area contributed by atoms with Gasteiger partial charge in [0.2, 0.25) is 5.91 Å². The van der Waals surface area contributed by atoms with Crippen LogP contribution in [0.25, 0.3) is 6.08 Å². The number of nitrogens with zero attached hydrogens (tertiary/aromatic N) is 2. The van der Waals surface area contributed by atoms with Crippen LogP contribution in [0.2, 0.25) is 0 Å². The Bertz CT molecular complexity index is 1440. The van der Waals surface area contributed by atoms with Crippen LogP contribution in [0.5, 0.6) is 0 Å². The summed E-state index contributed by atoms with van der Waals surface area (Å²) in [4.78, 5) is 13.1. The van der Waals surface area contributed by atoms with Gasteiger partial charge in [-0.2, -0.15) is 18.3 Å². The maximum absolute atomic E-state index is 13.9. The summed E-state index contributed by atoms with van der Waals surface area (Å²) in [7, 11) is 0. The molecule has 5 N–H and O–H groups in total. The van der Waals surface area contributed by atoms with Gasteiger partial charge in [0, 0.05) is 35.1 Å². The maximum Gasteiger partial charge on any atom is 0.435 e. The highest BCUT2D eigenvalue weighted by Gasteiger charge is 2.53. The molecule has 1 aromatic heterocycles. The summed E-state index contributed by atoms with van der Waals surface area (Å²) in [5.41, 5.74) is 12.4. The lowest BCUT2D eigenvalue weighted by Gasteiger charge is -2.20. The van der Waals surface area contributed by atoms with E-state index in [9.17, 15) is 31.1 Å². The zero-order chi connectivity index (χ0) is 28.1. The molecule has 39 heavy (non-hydrogen) atoms. The topological polar surface area (TPSA) is 99.0 Å². The van der Waals surface area contributed by atoms with Crippen LogP contribution in [0.1, 0.15) is 46.0 Å². The zero-order valence-corrected chi connectivity index (χ0v) is 20.5. The molecule has 2 aliphatic rings. The number of carbonyl (C=O) groups is 1. The van der Waals surface area contributed by atoms with Gasteiger partial charge in [0.05, 0.1) is 6.04 Å². The van der Waals surface area contributed by atoms with Gasteiger partial charge in [0.1, 0.15) is 24.0 Å². The quantitative estimate of drug-likeness (QED) is 0.368. The molecule has 1 heterocycles. The number of halogens is 6. The molecule has 3 atom stereocenters. The molecule has 0 saturated heterocycles. The van der Waals surface area contributed by atoms with Crippen molar-refractivity contribution in [3.8, 4) is 0 Å². The normalized spacial score (nSPS) is 19.0. The van der Waals surface area contributed by atoms with E-state index in [2.05, 4.69) is 10.4 Å². The standard InChI is InChI=1S/C27H25F6N5O/c28-17-4-14(5-18(29)10-17)7-22(21(35)6-13-1-2-20(30)16(3-13)11-34)36-24(39)12-38-23-9-15-8-19(15)25(23)26(37-38)27(31,32)33/h1-6,10,15,19,22H,7-9,11-12,34-35H2,(H,36,39)/b21-6+/t15?,19?,22-/m0/s1. The van der Waals surface area contributed by atoms with Crippen molar-refractivity contribution in [2.75, 3.05) is 0 Å². The molecule has 12 heteroatoms. The van der Waals surface area contributed by atoms with Crippen molar-refractivity contribution in [3.05, 3.63) is 93.2 Å². The van der Waals surface area contributed by atoms with Crippen LogP contribution in [0.15, 0.2) is 42.1 Å². The molecule has 0 radical (unpaired) electrons. The number of hydrogen-bond donors (Lipinski definition) is 3. The molecular weight excluding hydrogens is 524 g/mol. The molecule has 0 bridgehead atoms. The summed E-state index contributed by atoms with van der Waals surface area (Å²) in [5.74, 6) is -2.89. The molecule has 2 aliphatic carbocycles. The second-order valence-electron chi connectivity index (χ2n) is 9.97. The molecule has 0 spiro atoms. The molecule has 1 amide bonds. The van der Waals surface area contributed by atoms with Gasteiger partial charge in [0.15, 0.2) is 5.69 Å². The Labute approximate surface area is 219 Å². The lowest BCUT2D eigenvalue weighted by atomic mass is 10.0. The number of amides is 1. The predicted octanol–water partition coefficient (Wildman–Crippen LogP) is 4.16. The zero-order valence-electron chi connectivity index (χ0n) is 20.5. The van der Waals surface area contributed by atoms with E-state index >= 15 is 0 Å². The van der Waals surface area contributed by atoms with E-state index in [1.54, 1.807) is 0 Å². The van der Waals surface area contributed by atoms with Crippen molar-refractivity contribution < 1.29 is 31.1 Å². The number of carbonyl (C=O) groups excluding carboxylic acids is 1. The minimum atomic E-state index is -4.64. The fourth-order valence-corrected chi connectivity index (χ4v) is 5.26. The molecule has 6 nitrogen and oxygen atoms in total. The number of fused-ring (bicyclic) bond motifs is 3. The van der Waals surface area contributed by atoms with Gasteiger partial charge in [-0.25, -0.2) is 13.2 Å². The Kier molecular flexibility index (Phi) is 6.91. The second kappa shape index (κ2) is 10.1. The van der Waals surface area contributed by atoms with E-state index in [-0.39, 0.29) is 47.2 Å². The van der Waals surface area contributed by atoms with E-state index in [1.165, 1.54) is 24.3 Å². The van der Waals surface area contributed by atoms with E-state index in [1.807, 2.05) is 0 Å². The third kappa shape index (κ3) is 5.65. The van der Waals surface area contributed by atoms with Crippen molar-refractivity contribution >= 4 is 12.0 Å². The molecule has 3 aromatic rings. The number of nitrogens with one attached hydrogen (secondary N) is 1. The Hall–Kier alpha value is -3.80. The first-order chi connectivity index (χ1) is 18.4. The molecule has 206 valence electrons. The number of nitrogens with two attached hydrogens (primary N) is 2. The average molecular weight is 550 g/mol. The van der Waals surface area contributed by atoms with E-state index in [0.717, 1.165) is 16.8 Å². The van der Waals surface area contributed by atoms with Crippen LogP contribution >= 0.6 is 0 Å². The second-order valence-corrected chi connectivity index (χ2v) is 9.97. The van der Waals surface area contributed by atoms with Gasteiger partial charge in [0.25, 0.3) is 0 Å². The molecule has 2 unspecified atom stereocenters. The number of benzene rings is 2. The van der Waals surface area contributed by atoms with Crippen molar-refractivity contribution in [3.63, 3.8) is 0 Å². The smallest absolute Gasteiger partial charge is 0.400 e. The molecule has 1 saturated carbocycles. The molecule has 1 fully saturated rings. The minimum Gasteiger partial charge on any atom is -0.400 e. The highest BCUT2D eigenvalue weighted by Crippen LogP contribution is 2.58. The summed E-state index contributed by atoms with van der Waals surface area (Å²) in [6, 6.07) is 6.00. The van der Waals surface area contributed by atoms with Crippen molar-refractivity contribution in [1.82, 2.24) is 15.1 Å². The lowest BCUT2D eigenvalue weighted by Crippen LogP contribution is -2.42. The van der Waals surface area contributed by atoms with Gasteiger partial charge in [-0.3, -0.25) is 9.48 Å². The fraction of sp³-hybridized carbons (Fsp3) is 0.333. The van der Waals surface area contributed by atoms with Crippen LogP contribution in [-0.2, 0) is 36.9 Å². The highest BCUT2D eigenvalue weighted by molar-refractivity contribution is 5.77. The Balaban J connectivity index is 1.41. The molecule has 5 rings (SSSR count). The number of hydrogen-bond acceptors (Lipinski definition) is 4. The average Bonchev–Trinajstić information content (AvgIpc) is 3.36. The molecule has 2 aromatic carbocycles. The summed E-state index contributed by atoms with van der Waals surface area (Å²) < 4.78 is 83.4. The van der Waals surface area contributed by atoms with Gasteiger partial charge < -0.3 is 16.8 Å². The first-order valence-electron chi connectivity index (χ1n) is 12.3. The van der Waals surface area contributed by atoms with Crippen LogP contribution in [-0.4, -0.2) is 21.7 Å². The summed E-state index contributed by atoms with van der Waals surface area (Å²) in [6.45, 7) is -0.557. The van der Waals surface area contributed by atoms with Crippen LogP contribution < -0.4 is 16.8 Å². The number of aromatic nitrogens is 2. The van der Waals surface area contributed by atoms with Crippen molar-refractivity contribution in [1.29, 1.82) is 0 Å². The first-order valence-corrected chi connectivity index (χ1v) is 12.3. The van der Waals surface area contributed by atoms with Crippen LogP contribution in [0.4, 0.5) is 26.3 Å². The van der Waals surface area contributed by atoms with Gasteiger partial charge in [-0.1, -0.05) is 6.07 Å². The largest absolute Gasteiger partial charge is 0.435 e. The van der Waals surface area contributed by atoms with Gasteiger partial charge in [-0.05, 0) is 72.6 Å². The third-order valence-corrected chi connectivity index (χ3v) is 7.13.